The third kappa shape index (κ3) is 6.81. The molecule has 2 aromatic carbocycles. The van der Waals surface area contributed by atoms with Gasteiger partial charge in [-0.2, -0.15) is 10.5 Å². The van der Waals surface area contributed by atoms with E-state index in [9.17, 15) is 9.59 Å². The fourth-order valence-corrected chi connectivity index (χ4v) is 3.39. The van der Waals surface area contributed by atoms with Crippen molar-refractivity contribution in [2.75, 3.05) is 36.0 Å². The molecule has 168 valence electrons. The van der Waals surface area contributed by atoms with Gasteiger partial charge < -0.3 is 15.1 Å². The highest BCUT2D eigenvalue weighted by atomic mass is 35.5. The van der Waals surface area contributed by atoms with Crippen LogP contribution in [0.4, 0.5) is 11.4 Å². The summed E-state index contributed by atoms with van der Waals surface area (Å²) < 4.78 is 0. The van der Waals surface area contributed by atoms with E-state index in [2.05, 4.69) is 17.5 Å². The van der Waals surface area contributed by atoms with Crippen molar-refractivity contribution in [2.45, 2.75) is 26.7 Å². The largest absolute Gasteiger partial charge is 0.312 e. The third-order valence-corrected chi connectivity index (χ3v) is 5.03. The molecule has 0 aromatic heterocycles. The van der Waals surface area contributed by atoms with Crippen molar-refractivity contribution < 1.29 is 9.59 Å². The van der Waals surface area contributed by atoms with E-state index in [0.29, 0.717) is 30.6 Å². The van der Waals surface area contributed by atoms with Crippen LogP contribution in [0, 0.1) is 22.7 Å². The van der Waals surface area contributed by atoms with E-state index in [1.165, 1.54) is 0 Å². The number of nitrogens with zero attached hydrogens (tertiary/aromatic N) is 4. The molecule has 1 N–H and O–H groups in total. The number of carbonyl (C=O) groups excluding carboxylic acids is 2. The molecular formula is C24H28ClN5O2. The zero-order chi connectivity index (χ0) is 21.3. The van der Waals surface area contributed by atoms with Crippen LogP contribution in [0.2, 0.25) is 0 Å². The lowest BCUT2D eigenvalue weighted by Gasteiger charge is -2.27. The van der Waals surface area contributed by atoms with Crippen LogP contribution in [0.3, 0.4) is 0 Å². The molecule has 2 amide bonds. The average Bonchev–Trinajstić information content (AvgIpc) is 2.80. The zero-order valence-corrected chi connectivity index (χ0v) is 17.9. The first-order chi connectivity index (χ1) is 14.6. The summed E-state index contributed by atoms with van der Waals surface area (Å²) in [7, 11) is 0. The van der Waals surface area contributed by atoms with Crippen molar-refractivity contribution in [1.29, 1.82) is 10.5 Å². The van der Waals surface area contributed by atoms with E-state index in [1.807, 2.05) is 24.3 Å². The molecule has 2 aromatic rings. The third-order valence-electron chi connectivity index (χ3n) is 5.03. The molecule has 4 rings (SSSR count). The molecule has 0 spiro atoms. The number of nitriles is 2. The van der Waals surface area contributed by atoms with Gasteiger partial charge in [-0.3, -0.25) is 9.59 Å². The van der Waals surface area contributed by atoms with E-state index >= 15 is 0 Å². The van der Waals surface area contributed by atoms with E-state index in [4.69, 9.17) is 10.5 Å². The van der Waals surface area contributed by atoms with Crippen LogP contribution in [0.1, 0.15) is 37.8 Å². The summed E-state index contributed by atoms with van der Waals surface area (Å²) >= 11 is 0. The molecule has 0 aliphatic carbocycles. The minimum atomic E-state index is 0. The molecule has 8 heteroatoms. The van der Waals surface area contributed by atoms with E-state index < -0.39 is 0 Å². The van der Waals surface area contributed by atoms with Crippen molar-refractivity contribution in [3.8, 4) is 12.1 Å². The summed E-state index contributed by atoms with van der Waals surface area (Å²) in [5, 5.41) is 20.3. The Labute approximate surface area is 195 Å². The zero-order valence-electron chi connectivity index (χ0n) is 17.1. The number of piperazine rings is 1. The lowest BCUT2D eigenvalue weighted by atomic mass is 10.1. The molecule has 2 aliphatic heterocycles. The number of hydrogen-bond acceptors (Lipinski definition) is 5. The molecule has 2 saturated heterocycles. The fraction of sp³-hybridized carbons (Fsp3) is 0.333. The Kier molecular flexibility index (Phi) is 10.9. The number of hydrogen-bond donors (Lipinski definition) is 1. The number of nitrogens with one attached hydrogen (secondary N) is 1. The summed E-state index contributed by atoms with van der Waals surface area (Å²) in [6.45, 7) is 2.68. The average molecular weight is 454 g/mol. The maximum absolute atomic E-state index is 11.6. The second-order valence-electron chi connectivity index (χ2n) is 7.04. The van der Waals surface area contributed by atoms with E-state index in [0.717, 1.165) is 37.3 Å². The maximum atomic E-state index is 11.6. The van der Waals surface area contributed by atoms with Gasteiger partial charge >= 0.3 is 0 Å². The maximum Gasteiger partial charge on any atom is 0.240 e. The molecule has 0 bridgehead atoms. The van der Waals surface area contributed by atoms with Gasteiger partial charge in [-0.25, -0.2) is 0 Å². The number of halogens is 1. The van der Waals surface area contributed by atoms with Gasteiger partial charge in [0.1, 0.15) is 0 Å². The van der Waals surface area contributed by atoms with Crippen molar-refractivity contribution in [3.63, 3.8) is 0 Å². The predicted molar refractivity (Wildman–Crippen MR) is 128 cm³/mol. The molecule has 7 nitrogen and oxygen atoms in total. The summed E-state index contributed by atoms with van der Waals surface area (Å²) in [6.07, 6.45) is 2.69. The minimum absolute atomic E-state index is 0. The van der Waals surface area contributed by atoms with E-state index in [1.54, 1.807) is 34.1 Å². The van der Waals surface area contributed by atoms with Crippen LogP contribution >= 0.6 is 12.4 Å². The lowest BCUT2D eigenvalue weighted by molar-refractivity contribution is -0.120. The Bertz CT molecular complexity index is 896. The number of carbonyl (C=O) groups is 2. The minimum Gasteiger partial charge on any atom is -0.312 e. The normalized spacial score (nSPS) is 15.2. The van der Waals surface area contributed by atoms with Crippen LogP contribution in [-0.4, -0.2) is 38.0 Å². The second-order valence-corrected chi connectivity index (χ2v) is 7.04. The molecule has 0 atom stereocenters. The predicted octanol–water partition coefficient (Wildman–Crippen LogP) is 3.63. The van der Waals surface area contributed by atoms with E-state index in [-0.39, 0.29) is 31.6 Å². The van der Waals surface area contributed by atoms with Gasteiger partial charge in [0.05, 0.1) is 29.8 Å². The lowest BCUT2D eigenvalue weighted by Crippen LogP contribution is -2.48. The van der Waals surface area contributed by atoms with Crippen LogP contribution in [0.15, 0.2) is 48.5 Å². The first kappa shape index (κ1) is 26.6. The molecule has 0 unspecified atom stereocenters. The Morgan fingerprint density at radius 2 is 1.25 bits per heavy atom. The van der Waals surface area contributed by atoms with Gasteiger partial charge in [0.15, 0.2) is 0 Å². The molecule has 0 saturated carbocycles. The molecule has 32 heavy (non-hydrogen) atoms. The number of anilines is 2. The highest BCUT2D eigenvalue weighted by Gasteiger charge is 2.19. The fourth-order valence-electron chi connectivity index (χ4n) is 3.39. The molecule has 2 fully saturated rings. The standard InChI is InChI=1S/C12H12N2O.C11H11N3O.CH4.ClH/c13-9-10-4-6-11(7-5-10)14-8-2-1-3-12(14)15;12-7-9-1-3-10(4-2-9)14-6-5-13-8-11(14)15;;/h4-7H,1-3,8H2;1-4,13H,5-6,8H2;1H4;1H. The molecular weight excluding hydrogens is 426 g/mol. The van der Waals surface area contributed by atoms with Crippen molar-refractivity contribution in [3.05, 3.63) is 59.7 Å². The topological polar surface area (TPSA) is 100 Å². The van der Waals surface area contributed by atoms with Crippen LogP contribution in [-0.2, 0) is 9.59 Å². The summed E-state index contributed by atoms with van der Waals surface area (Å²) in [4.78, 5) is 26.7. The van der Waals surface area contributed by atoms with Gasteiger partial charge in [-0.1, -0.05) is 7.43 Å². The van der Waals surface area contributed by atoms with Gasteiger partial charge in [0.25, 0.3) is 0 Å². The monoisotopic (exact) mass is 453 g/mol. The Balaban J connectivity index is 0.000000301. The second kappa shape index (κ2) is 13.1. The number of benzene rings is 2. The van der Waals surface area contributed by atoms with Crippen molar-refractivity contribution in [1.82, 2.24) is 5.32 Å². The van der Waals surface area contributed by atoms with Crippen molar-refractivity contribution >= 4 is 35.6 Å². The quantitative estimate of drug-likeness (QED) is 0.748. The van der Waals surface area contributed by atoms with Crippen molar-refractivity contribution in [2.24, 2.45) is 0 Å². The Morgan fingerprint density at radius 3 is 1.69 bits per heavy atom. The number of piperidine rings is 1. The van der Waals surface area contributed by atoms with Gasteiger partial charge in [0, 0.05) is 37.4 Å². The smallest absolute Gasteiger partial charge is 0.240 e. The van der Waals surface area contributed by atoms with Crippen LogP contribution in [0.25, 0.3) is 0 Å². The first-order valence-electron chi connectivity index (χ1n) is 9.94. The molecule has 0 radical (unpaired) electrons. The summed E-state index contributed by atoms with van der Waals surface area (Å²) in [5.74, 6) is 0.261. The highest BCUT2D eigenvalue weighted by Crippen LogP contribution is 2.21. The number of rotatable bonds is 2. The first-order valence-corrected chi connectivity index (χ1v) is 9.94. The highest BCUT2D eigenvalue weighted by molar-refractivity contribution is 5.95. The summed E-state index contributed by atoms with van der Waals surface area (Å²) in [6, 6.07) is 18.4. The summed E-state index contributed by atoms with van der Waals surface area (Å²) in [5.41, 5.74) is 3.00. The van der Waals surface area contributed by atoms with Gasteiger partial charge in [-0.05, 0) is 61.4 Å². The molecule has 2 aliphatic rings. The van der Waals surface area contributed by atoms with Crippen LogP contribution < -0.4 is 15.1 Å². The van der Waals surface area contributed by atoms with Gasteiger partial charge in [0.2, 0.25) is 11.8 Å². The van der Waals surface area contributed by atoms with Gasteiger partial charge in [-0.15, -0.1) is 12.4 Å². The SMILES string of the molecule is C.Cl.N#Cc1ccc(N2CCCCC2=O)cc1.N#Cc1ccc(N2CCNCC2=O)cc1. The molecule has 2 heterocycles. The Hall–Kier alpha value is -3.39. The Morgan fingerprint density at radius 1 is 0.750 bits per heavy atom. The number of amides is 2. The van der Waals surface area contributed by atoms with Crippen LogP contribution in [0.5, 0.6) is 0 Å².